The maximum absolute atomic E-state index is 12.9. The predicted molar refractivity (Wildman–Crippen MR) is 76.7 cm³/mol. The lowest BCUT2D eigenvalue weighted by molar-refractivity contribution is -0.141. The molecule has 1 aliphatic rings. The van der Waals surface area contributed by atoms with Crippen molar-refractivity contribution in [3.63, 3.8) is 0 Å². The highest BCUT2D eigenvalue weighted by Gasteiger charge is 2.34. The van der Waals surface area contributed by atoms with Gasteiger partial charge < -0.3 is 15.0 Å². The third-order valence-electron chi connectivity index (χ3n) is 3.47. The van der Waals surface area contributed by atoms with E-state index >= 15 is 0 Å². The van der Waals surface area contributed by atoms with Crippen LogP contribution >= 0.6 is 0 Å². The van der Waals surface area contributed by atoms with E-state index in [-0.39, 0.29) is 18.1 Å². The van der Waals surface area contributed by atoms with Crippen LogP contribution in [0.2, 0.25) is 0 Å². The quantitative estimate of drug-likeness (QED) is 0.921. The van der Waals surface area contributed by atoms with E-state index in [4.69, 9.17) is 4.74 Å². The van der Waals surface area contributed by atoms with Crippen molar-refractivity contribution in [1.82, 2.24) is 4.90 Å². The maximum Gasteiger partial charge on any atom is 0.418 e. The standard InChI is InChI=1S/C15H17F3N2O3/c1-20(14(22)12-7-4-8-23-12)9-13(21)19-11-6-3-2-5-10(11)15(16,17)18/h2-3,5-6,12H,4,7-9H2,1H3,(H,19,21)/t12-/m0/s1. The Kier molecular flexibility index (Phi) is 5.25. The number of benzene rings is 1. The van der Waals surface area contributed by atoms with Crippen molar-refractivity contribution in [2.24, 2.45) is 0 Å². The second-order valence-electron chi connectivity index (χ2n) is 5.29. The topological polar surface area (TPSA) is 58.6 Å². The van der Waals surface area contributed by atoms with Gasteiger partial charge in [0.1, 0.15) is 6.10 Å². The number of likely N-dealkylation sites (N-methyl/N-ethyl adjacent to an activating group) is 1. The molecule has 1 heterocycles. The van der Waals surface area contributed by atoms with Gasteiger partial charge >= 0.3 is 6.18 Å². The molecule has 1 N–H and O–H groups in total. The molecular formula is C15H17F3N2O3. The van der Waals surface area contributed by atoms with Crippen LogP contribution in [0.4, 0.5) is 18.9 Å². The van der Waals surface area contributed by atoms with Gasteiger partial charge in [-0.25, -0.2) is 0 Å². The first-order chi connectivity index (χ1) is 10.8. The SMILES string of the molecule is CN(CC(=O)Nc1ccccc1C(F)(F)F)C(=O)[C@@H]1CCCO1. The fraction of sp³-hybridized carbons (Fsp3) is 0.467. The third-order valence-corrected chi connectivity index (χ3v) is 3.47. The summed E-state index contributed by atoms with van der Waals surface area (Å²) in [7, 11) is 1.42. The zero-order chi connectivity index (χ0) is 17.0. The summed E-state index contributed by atoms with van der Waals surface area (Å²) < 4.78 is 43.8. The summed E-state index contributed by atoms with van der Waals surface area (Å²) in [6.07, 6.45) is -3.78. The largest absolute Gasteiger partial charge is 0.418 e. The fourth-order valence-electron chi connectivity index (χ4n) is 2.34. The average molecular weight is 330 g/mol. The molecule has 0 saturated carbocycles. The van der Waals surface area contributed by atoms with Crippen molar-refractivity contribution >= 4 is 17.5 Å². The first-order valence-electron chi connectivity index (χ1n) is 7.11. The van der Waals surface area contributed by atoms with Crippen LogP contribution < -0.4 is 5.32 Å². The monoisotopic (exact) mass is 330 g/mol. The van der Waals surface area contributed by atoms with E-state index in [0.717, 1.165) is 17.4 Å². The minimum Gasteiger partial charge on any atom is -0.368 e. The number of nitrogens with zero attached hydrogens (tertiary/aromatic N) is 1. The maximum atomic E-state index is 12.9. The molecule has 5 nitrogen and oxygen atoms in total. The number of alkyl halides is 3. The van der Waals surface area contributed by atoms with Crippen LogP contribution in [0.25, 0.3) is 0 Å². The van der Waals surface area contributed by atoms with E-state index in [1.165, 1.54) is 25.2 Å². The number of carbonyl (C=O) groups excluding carboxylic acids is 2. The molecule has 126 valence electrons. The number of anilines is 1. The molecule has 2 rings (SSSR count). The van der Waals surface area contributed by atoms with Gasteiger partial charge in [-0.1, -0.05) is 12.1 Å². The van der Waals surface area contributed by atoms with Crippen molar-refractivity contribution in [3.8, 4) is 0 Å². The molecule has 1 fully saturated rings. The number of halogens is 3. The highest BCUT2D eigenvalue weighted by atomic mass is 19.4. The van der Waals surface area contributed by atoms with E-state index in [1.54, 1.807) is 0 Å². The minimum absolute atomic E-state index is 0.331. The average Bonchev–Trinajstić information content (AvgIpc) is 2.99. The molecule has 0 radical (unpaired) electrons. The third kappa shape index (κ3) is 4.44. The highest BCUT2D eigenvalue weighted by Crippen LogP contribution is 2.34. The lowest BCUT2D eigenvalue weighted by Crippen LogP contribution is -2.40. The number of carbonyl (C=O) groups is 2. The van der Waals surface area contributed by atoms with E-state index in [0.29, 0.717) is 13.0 Å². The Morgan fingerprint density at radius 1 is 1.35 bits per heavy atom. The summed E-state index contributed by atoms with van der Waals surface area (Å²) in [4.78, 5) is 25.1. The van der Waals surface area contributed by atoms with E-state index < -0.39 is 23.8 Å². The Morgan fingerprint density at radius 3 is 2.65 bits per heavy atom. The van der Waals surface area contributed by atoms with Gasteiger partial charge in [0.2, 0.25) is 5.91 Å². The van der Waals surface area contributed by atoms with Crippen LogP contribution in [0.15, 0.2) is 24.3 Å². The summed E-state index contributed by atoms with van der Waals surface area (Å²) in [6.45, 7) is 0.153. The second-order valence-corrected chi connectivity index (χ2v) is 5.29. The van der Waals surface area contributed by atoms with Gasteiger partial charge in [0.05, 0.1) is 17.8 Å². The molecule has 0 spiro atoms. The van der Waals surface area contributed by atoms with Crippen molar-refractivity contribution < 1.29 is 27.5 Å². The normalized spacial score (nSPS) is 17.8. The molecule has 1 aromatic carbocycles. The summed E-state index contributed by atoms with van der Waals surface area (Å²) in [6, 6.07) is 4.69. The van der Waals surface area contributed by atoms with Crippen LogP contribution in [0.3, 0.4) is 0 Å². The van der Waals surface area contributed by atoms with E-state index in [9.17, 15) is 22.8 Å². The molecule has 1 saturated heterocycles. The first kappa shape index (κ1) is 17.3. The van der Waals surface area contributed by atoms with Crippen LogP contribution in [-0.2, 0) is 20.5 Å². The smallest absolute Gasteiger partial charge is 0.368 e. The number of ether oxygens (including phenoxy) is 1. The van der Waals surface area contributed by atoms with Crippen LogP contribution in [-0.4, -0.2) is 43.0 Å². The zero-order valence-corrected chi connectivity index (χ0v) is 12.5. The predicted octanol–water partition coefficient (Wildman–Crippen LogP) is 2.28. The van der Waals surface area contributed by atoms with E-state index in [1.807, 2.05) is 0 Å². The molecule has 1 atom stereocenters. The Labute approximate surface area is 131 Å². The molecule has 8 heteroatoms. The first-order valence-corrected chi connectivity index (χ1v) is 7.11. The van der Waals surface area contributed by atoms with Gasteiger partial charge in [-0.3, -0.25) is 9.59 Å². The number of nitrogens with one attached hydrogen (secondary N) is 1. The van der Waals surface area contributed by atoms with Crippen LogP contribution in [0.1, 0.15) is 18.4 Å². The highest BCUT2D eigenvalue weighted by molar-refractivity contribution is 5.95. The summed E-state index contributed by atoms with van der Waals surface area (Å²) in [5.74, 6) is -1.04. The molecule has 2 amide bonds. The van der Waals surface area contributed by atoms with Crippen LogP contribution in [0, 0.1) is 0 Å². The van der Waals surface area contributed by atoms with Gasteiger partial charge in [0.25, 0.3) is 5.91 Å². The van der Waals surface area contributed by atoms with Crippen molar-refractivity contribution in [3.05, 3.63) is 29.8 Å². The second kappa shape index (κ2) is 6.99. The molecule has 23 heavy (non-hydrogen) atoms. The Morgan fingerprint density at radius 2 is 2.04 bits per heavy atom. The van der Waals surface area contributed by atoms with Gasteiger partial charge in [-0.05, 0) is 25.0 Å². The number of hydrogen-bond acceptors (Lipinski definition) is 3. The number of para-hydroxylation sites is 1. The van der Waals surface area contributed by atoms with E-state index in [2.05, 4.69) is 5.32 Å². The fourth-order valence-corrected chi connectivity index (χ4v) is 2.34. The van der Waals surface area contributed by atoms with Crippen LogP contribution in [0.5, 0.6) is 0 Å². The molecule has 0 aromatic heterocycles. The summed E-state index contributed by atoms with van der Waals surface area (Å²) in [5, 5.41) is 2.20. The molecule has 0 aliphatic carbocycles. The number of rotatable bonds is 4. The molecule has 1 aliphatic heterocycles. The van der Waals surface area contributed by atoms with Gasteiger partial charge in [-0.15, -0.1) is 0 Å². The molecule has 1 aromatic rings. The Bertz CT molecular complexity index is 584. The van der Waals surface area contributed by atoms with Crippen molar-refractivity contribution in [2.45, 2.75) is 25.1 Å². The van der Waals surface area contributed by atoms with Gasteiger partial charge in [0.15, 0.2) is 0 Å². The summed E-state index contributed by atoms with van der Waals surface area (Å²) >= 11 is 0. The van der Waals surface area contributed by atoms with Gasteiger partial charge in [0, 0.05) is 13.7 Å². The number of amides is 2. The van der Waals surface area contributed by atoms with Gasteiger partial charge in [-0.2, -0.15) is 13.2 Å². The molecule has 0 bridgehead atoms. The summed E-state index contributed by atoms with van der Waals surface area (Å²) in [5.41, 5.74) is -1.26. The van der Waals surface area contributed by atoms with Crippen molar-refractivity contribution in [2.75, 3.05) is 25.5 Å². The molecular weight excluding hydrogens is 313 g/mol. The molecule has 0 unspecified atom stereocenters. The van der Waals surface area contributed by atoms with Crippen molar-refractivity contribution in [1.29, 1.82) is 0 Å². The lowest BCUT2D eigenvalue weighted by Gasteiger charge is -2.20. The lowest BCUT2D eigenvalue weighted by atomic mass is 10.1. The zero-order valence-electron chi connectivity index (χ0n) is 12.5. The Hall–Kier alpha value is -2.09. The number of hydrogen-bond donors (Lipinski definition) is 1. The minimum atomic E-state index is -4.57. The Balaban J connectivity index is 1.98.